The molecule has 0 saturated heterocycles. The normalized spacial score (nSPS) is 10.6. The average molecular weight is 314 g/mol. The summed E-state index contributed by atoms with van der Waals surface area (Å²) in [6, 6.07) is 7.52. The lowest BCUT2D eigenvalue weighted by atomic mass is 10.0. The summed E-state index contributed by atoms with van der Waals surface area (Å²) in [7, 11) is 0. The third kappa shape index (κ3) is 7.49. The fourth-order valence-electron chi connectivity index (χ4n) is 2.14. The van der Waals surface area contributed by atoms with Gasteiger partial charge in [0.15, 0.2) is 5.78 Å². The largest absolute Gasteiger partial charge is 1.00 e. The minimum atomic E-state index is 0. The molecule has 0 amide bonds. The van der Waals surface area contributed by atoms with Crippen LogP contribution in [0, 0.1) is 5.92 Å². The van der Waals surface area contributed by atoms with E-state index in [9.17, 15) is 4.79 Å². The van der Waals surface area contributed by atoms with Gasteiger partial charge in [-0.2, -0.15) is 0 Å². The summed E-state index contributed by atoms with van der Waals surface area (Å²) in [5.41, 5.74) is 0.778. The van der Waals surface area contributed by atoms with E-state index in [1.807, 2.05) is 24.3 Å². The van der Waals surface area contributed by atoms with E-state index in [4.69, 9.17) is 4.74 Å². The van der Waals surface area contributed by atoms with Crippen molar-refractivity contribution >= 4 is 5.78 Å². The first-order valence-electron chi connectivity index (χ1n) is 7.66. The van der Waals surface area contributed by atoms with Gasteiger partial charge in [-0.05, 0) is 44.0 Å². The minimum absolute atomic E-state index is 0. The molecule has 0 atom stereocenters. The Kier molecular flexibility index (Phi) is 10.1. The van der Waals surface area contributed by atoms with Crippen molar-refractivity contribution in [2.24, 2.45) is 5.92 Å². The van der Waals surface area contributed by atoms with E-state index < -0.39 is 0 Å². The Hall–Kier alpha value is -1.06. The second-order valence-corrected chi connectivity index (χ2v) is 5.60. The number of nitrogens with one attached hydrogen (secondary N) is 1. The fraction of sp³-hybridized carbons (Fsp3) is 0.588. The van der Waals surface area contributed by atoms with Crippen molar-refractivity contribution in [2.75, 3.05) is 26.2 Å². The van der Waals surface area contributed by atoms with Gasteiger partial charge in [-0.1, -0.05) is 13.8 Å². The first-order valence-corrected chi connectivity index (χ1v) is 7.66. The maximum atomic E-state index is 11.9. The second-order valence-electron chi connectivity index (χ2n) is 5.60. The molecular weight excluding hydrogens is 286 g/mol. The highest BCUT2D eigenvalue weighted by Gasteiger charge is 2.08. The lowest BCUT2D eigenvalue weighted by Crippen LogP contribution is -3.12. The van der Waals surface area contributed by atoms with Crippen LogP contribution in [0.2, 0.25) is 0 Å². The Bertz CT molecular complexity index is 400. The zero-order valence-corrected chi connectivity index (χ0v) is 14.4. The van der Waals surface area contributed by atoms with Crippen molar-refractivity contribution in [3.63, 3.8) is 0 Å². The molecule has 0 unspecified atom stereocenters. The third-order valence-corrected chi connectivity index (χ3v) is 3.49. The molecular formula is C17H28ClNO2. The number of halogens is 1. The van der Waals surface area contributed by atoms with Crippen LogP contribution in [-0.4, -0.2) is 32.0 Å². The lowest BCUT2D eigenvalue weighted by Gasteiger charge is -2.15. The standard InChI is InChI=1S/C17H27NO2.ClH/c1-5-18(6-2)11-12-20-16-9-7-15(8-10-16)17(19)13-14(3)4;/h7-10,14H,5-6,11-13H2,1-4H3;1H. The van der Waals surface area contributed by atoms with Gasteiger partial charge in [0.1, 0.15) is 18.9 Å². The molecule has 0 bridgehead atoms. The maximum absolute atomic E-state index is 11.9. The molecule has 0 radical (unpaired) electrons. The molecule has 3 nitrogen and oxygen atoms in total. The number of hydrogen-bond donors (Lipinski definition) is 1. The molecule has 0 aliphatic rings. The molecule has 1 N–H and O–H groups in total. The van der Waals surface area contributed by atoms with Crippen LogP contribution in [-0.2, 0) is 0 Å². The summed E-state index contributed by atoms with van der Waals surface area (Å²) in [4.78, 5) is 13.4. The maximum Gasteiger partial charge on any atom is 0.163 e. The van der Waals surface area contributed by atoms with Crippen LogP contribution in [0.3, 0.4) is 0 Å². The molecule has 1 aromatic carbocycles. The van der Waals surface area contributed by atoms with E-state index in [2.05, 4.69) is 27.7 Å². The highest BCUT2D eigenvalue weighted by Crippen LogP contribution is 2.15. The summed E-state index contributed by atoms with van der Waals surface area (Å²) in [6.45, 7) is 12.5. The number of ether oxygens (including phenoxy) is 1. The number of likely N-dealkylation sites (N-methyl/N-ethyl adjacent to an activating group) is 1. The van der Waals surface area contributed by atoms with E-state index in [1.54, 1.807) is 0 Å². The number of ketones is 1. The molecule has 0 spiro atoms. The van der Waals surface area contributed by atoms with E-state index in [1.165, 1.54) is 4.90 Å². The highest BCUT2D eigenvalue weighted by molar-refractivity contribution is 5.96. The third-order valence-electron chi connectivity index (χ3n) is 3.49. The predicted octanol–water partition coefficient (Wildman–Crippen LogP) is -0.777. The number of quaternary nitrogens is 1. The molecule has 0 fully saturated rings. The number of Topliss-reactive ketones (excluding diaryl/α,β-unsaturated/α-hetero) is 1. The Morgan fingerprint density at radius 2 is 1.71 bits per heavy atom. The van der Waals surface area contributed by atoms with Crippen molar-refractivity contribution in [2.45, 2.75) is 34.1 Å². The number of hydrogen-bond acceptors (Lipinski definition) is 2. The molecule has 0 aliphatic carbocycles. The predicted molar refractivity (Wildman–Crippen MR) is 82.6 cm³/mol. The molecule has 0 aliphatic heterocycles. The smallest absolute Gasteiger partial charge is 0.163 e. The SMILES string of the molecule is CC[NH+](CC)CCOc1ccc(C(=O)CC(C)C)cc1.[Cl-]. The van der Waals surface area contributed by atoms with Crippen molar-refractivity contribution < 1.29 is 26.8 Å². The van der Waals surface area contributed by atoms with E-state index >= 15 is 0 Å². The minimum Gasteiger partial charge on any atom is -1.00 e. The summed E-state index contributed by atoms with van der Waals surface area (Å²) in [5.74, 6) is 1.45. The second kappa shape index (κ2) is 10.6. The quantitative estimate of drug-likeness (QED) is 0.607. The van der Waals surface area contributed by atoms with Crippen LogP contribution in [0.25, 0.3) is 0 Å². The number of carbonyl (C=O) groups is 1. The van der Waals surface area contributed by atoms with E-state index in [-0.39, 0.29) is 18.2 Å². The Morgan fingerprint density at radius 1 is 1.14 bits per heavy atom. The van der Waals surface area contributed by atoms with Gasteiger partial charge in [-0.15, -0.1) is 0 Å². The van der Waals surface area contributed by atoms with E-state index in [0.29, 0.717) is 12.3 Å². The van der Waals surface area contributed by atoms with Crippen LogP contribution in [0.5, 0.6) is 5.75 Å². The van der Waals surface area contributed by atoms with Crippen molar-refractivity contribution in [1.29, 1.82) is 0 Å². The van der Waals surface area contributed by atoms with Gasteiger partial charge in [0, 0.05) is 12.0 Å². The zero-order valence-electron chi connectivity index (χ0n) is 13.6. The Balaban J connectivity index is 0.00000400. The number of carbonyl (C=O) groups excluding carboxylic acids is 1. The zero-order chi connectivity index (χ0) is 15.0. The first-order chi connectivity index (χ1) is 9.56. The monoisotopic (exact) mass is 313 g/mol. The molecule has 21 heavy (non-hydrogen) atoms. The summed E-state index contributed by atoms with van der Waals surface area (Å²) in [6.07, 6.45) is 0.603. The van der Waals surface area contributed by atoms with Crippen molar-refractivity contribution in [3.8, 4) is 5.75 Å². The molecule has 0 saturated carbocycles. The Morgan fingerprint density at radius 3 is 2.19 bits per heavy atom. The topological polar surface area (TPSA) is 30.7 Å². The Labute approximate surface area is 135 Å². The molecule has 4 heteroatoms. The molecule has 1 aromatic rings. The van der Waals surface area contributed by atoms with Crippen LogP contribution in [0.15, 0.2) is 24.3 Å². The van der Waals surface area contributed by atoms with Gasteiger partial charge in [0.2, 0.25) is 0 Å². The number of benzene rings is 1. The van der Waals surface area contributed by atoms with Gasteiger partial charge in [0.05, 0.1) is 13.1 Å². The van der Waals surface area contributed by atoms with Gasteiger partial charge in [-0.25, -0.2) is 0 Å². The molecule has 1 rings (SSSR count). The van der Waals surface area contributed by atoms with Gasteiger partial charge >= 0.3 is 0 Å². The van der Waals surface area contributed by atoms with Gasteiger partial charge in [-0.3, -0.25) is 4.79 Å². The van der Waals surface area contributed by atoms with Crippen LogP contribution < -0.4 is 22.0 Å². The molecule has 120 valence electrons. The fourth-order valence-corrected chi connectivity index (χ4v) is 2.14. The summed E-state index contributed by atoms with van der Waals surface area (Å²) >= 11 is 0. The van der Waals surface area contributed by atoms with Crippen molar-refractivity contribution in [3.05, 3.63) is 29.8 Å². The lowest BCUT2D eigenvalue weighted by molar-refractivity contribution is -0.896. The summed E-state index contributed by atoms with van der Waals surface area (Å²) < 4.78 is 5.72. The van der Waals surface area contributed by atoms with E-state index in [0.717, 1.165) is 37.6 Å². The van der Waals surface area contributed by atoms with Crippen LogP contribution >= 0.6 is 0 Å². The molecule has 0 heterocycles. The summed E-state index contributed by atoms with van der Waals surface area (Å²) in [5, 5.41) is 0. The van der Waals surface area contributed by atoms with Gasteiger partial charge < -0.3 is 22.0 Å². The first kappa shape index (κ1) is 19.9. The molecule has 0 aromatic heterocycles. The van der Waals surface area contributed by atoms with Gasteiger partial charge in [0.25, 0.3) is 0 Å². The average Bonchev–Trinajstić information content (AvgIpc) is 2.43. The number of rotatable bonds is 9. The van der Waals surface area contributed by atoms with Crippen LogP contribution in [0.4, 0.5) is 0 Å². The van der Waals surface area contributed by atoms with Crippen molar-refractivity contribution in [1.82, 2.24) is 0 Å². The van der Waals surface area contributed by atoms with Crippen LogP contribution in [0.1, 0.15) is 44.5 Å². The highest BCUT2D eigenvalue weighted by atomic mass is 35.5.